The molecule has 0 bridgehead atoms. The first kappa shape index (κ1) is 15.7. The Morgan fingerprint density at radius 1 is 1.39 bits per heavy atom. The molecule has 3 rings (SSSR count). The second kappa shape index (κ2) is 6.50. The smallest absolute Gasteiger partial charge is 0.268 e. The lowest BCUT2D eigenvalue weighted by molar-refractivity contribution is 0.0804. The van der Waals surface area contributed by atoms with Gasteiger partial charge in [-0.25, -0.2) is 0 Å². The highest BCUT2D eigenvalue weighted by Crippen LogP contribution is 2.27. The predicted molar refractivity (Wildman–Crippen MR) is 90.9 cm³/mol. The van der Waals surface area contributed by atoms with Gasteiger partial charge in [-0.1, -0.05) is 36.5 Å². The van der Waals surface area contributed by atoms with Crippen LogP contribution >= 0.6 is 11.5 Å². The first-order valence-electron chi connectivity index (χ1n) is 7.55. The first-order valence-corrected chi connectivity index (χ1v) is 8.32. The highest BCUT2D eigenvalue weighted by Gasteiger charge is 2.26. The van der Waals surface area contributed by atoms with Crippen LogP contribution in [0.3, 0.4) is 0 Å². The molecule has 0 radical (unpaired) electrons. The summed E-state index contributed by atoms with van der Waals surface area (Å²) in [6.45, 7) is 5.26. The Labute approximate surface area is 139 Å². The number of benzene rings is 1. The summed E-state index contributed by atoms with van der Waals surface area (Å²) in [6.07, 6.45) is 2.09. The van der Waals surface area contributed by atoms with Crippen LogP contribution in [0.2, 0.25) is 0 Å². The van der Waals surface area contributed by atoms with Crippen molar-refractivity contribution in [3.8, 4) is 5.75 Å². The molecule has 1 aliphatic rings. The molecule has 0 unspecified atom stereocenters. The number of ether oxygens (including phenoxy) is 1. The number of hydrogen-bond acceptors (Lipinski definition) is 5. The van der Waals surface area contributed by atoms with Gasteiger partial charge < -0.3 is 9.64 Å². The summed E-state index contributed by atoms with van der Waals surface area (Å²) < 4.78 is 9.21. The lowest BCUT2D eigenvalue weighted by Crippen LogP contribution is -2.29. The van der Waals surface area contributed by atoms with Gasteiger partial charge in [0.25, 0.3) is 5.91 Å². The van der Waals surface area contributed by atoms with Crippen molar-refractivity contribution in [3.05, 3.63) is 46.5 Å². The SMILES string of the molecule is COc1cccc(C2=CCN(C(=O)c3snnc3C(C)C)C2)c1. The number of methoxy groups -OCH3 is 1. The molecule has 0 saturated heterocycles. The standard InChI is InChI=1S/C17H19N3O2S/c1-11(2)15-16(23-19-18-15)17(21)20-8-7-13(10-20)12-5-4-6-14(9-12)22-3/h4-7,9,11H,8,10H2,1-3H3. The fraction of sp³-hybridized carbons (Fsp3) is 0.353. The molecule has 120 valence electrons. The molecule has 0 spiro atoms. The molecule has 0 atom stereocenters. The maximum atomic E-state index is 12.7. The summed E-state index contributed by atoms with van der Waals surface area (Å²) in [7, 11) is 1.65. The van der Waals surface area contributed by atoms with Crippen LogP contribution in [-0.2, 0) is 0 Å². The van der Waals surface area contributed by atoms with Crippen LogP contribution in [0.5, 0.6) is 5.75 Å². The van der Waals surface area contributed by atoms with E-state index in [0.29, 0.717) is 18.0 Å². The lowest BCUT2D eigenvalue weighted by Gasteiger charge is -2.16. The van der Waals surface area contributed by atoms with E-state index in [0.717, 1.165) is 22.6 Å². The van der Waals surface area contributed by atoms with E-state index in [9.17, 15) is 4.79 Å². The fourth-order valence-electron chi connectivity index (χ4n) is 2.61. The average Bonchev–Trinajstić information content (AvgIpc) is 3.23. The van der Waals surface area contributed by atoms with Crippen molar-refractivity contribution < 1.29 is 9.53 Å². The van der Waals surface area contributed by atoms with E-state index in [2.05, 4.69) is 15.7 Å². The third-order valence-corrected chi connectivity index (χ3v) is 4.63. The van der Waals surface area contributed by atoms with E-state index >= 15 is 0 Å². The Hall–Kier alpha value is -2.21. The van der Waals surface area contributed by atoms with E-state index in [1.165, 1.54) is 11.5 Å². The zero-order valence-electron chi connectivity index (χ0n) is 13.4. The maximum Gasteiger partial charge on any atom is 0.268 e. The van der Waals surface area contributed by atoms with Gasteiger partial charge in [-0.15, -0.1) is 5.10 Å². The zero-order chi connectivity index (χ0) is 16.4. The van der Waals surface area contributed by atoms with Gasteiger partial charge in [0.05, 0.1) is 12.8 Å². The maximum absolute atomic E-state index is 12.7. The van der Waals surface area contributed by atoms with E-state index < -0.39 is 0 Å². The van der Waals surface area contributed by atoms with E-state index in [-0.39, 0.29) is 11.8 Å². The van der Waals surface area contributed by atoms with Crippen molar-refractivity contribution in [3.63, 3.8) is 0 Å². The Balaban J connectivity index is 1.76. The molecule has 2 heterocycles. The minimum absolute atomic E-state index is 0.0119. The molecule has 5 nitrogen and oxygen atoms in total. The van der Waals surface area contributed by atoms with Crippen LogP contribution in [0, 0.1) is 0 Å². The molecule has 0 saturated carbocycles. The fourth-order valence-corrected chi connectivity index (χ4v) is 3.40. The van der Waals surface area contributed by atoms with Gasteiger partial charge in [0.15, 0.2) is 0 Å². The molecule has 2 aromatic rings. The summed E-state index contributed by atoms with van der Waals surface area (Å²) in [6, 6.07) is 7.91. The Bertz CT molecular complexity index is 752. The lowest BCUT2D eigenvalue weighted by atomic mass is 10.1. The normalized spacial score (nSPS) is 14.3. The van der Waals surface area contributed by atoms with Crippen LogP contribution < -0.4 is 4.74 Å². The third kappa shape index (κ3) is 3.12. The molecule has 0 fully saturated rings. The van der Waals surface area contributed by atoms with Crippen molar-refractivity contribution in [2.24, 2.45) is 0 Å². The topological polar surface area (TPSA) is 55.3 Å². The highest BCUT2D eigenvalue weighted by molar-refractivity contribution is 7.08. The van der Waals surface area contributed by atoms with Crippen molar-refractivity contribution in [2.45, 2.75) is 19.8 Å². The van der Waals surface area contributed by atoms with Crippen LogP contribution in [-0.4, -0.2) is 40.6 Å². The van der Waals surface area contributed by atoms with Gasteiger partial charge in [0, 0.05) is 13.1 Å². The number of rotatable bonds is 4. The molecule has 1 amide bonds. The highest BCUT2D eigenvalue weighted by atomic mass is 32.1. The van der Waals surface area contributed by atoms with Crippen molar-refractivity contribution in [1.82, 2.24) is 14.5 Å². The molecule has 6 heteroatoms. The average molecular weight is 329 g/mol. The Morgan fingerprint density at radius 2 is 2.22 bits per heavy atom. The number of carbonyl (C=O) groups excluding carboxylic acids is 1. The molecule has 1 aliphatic heterocycles. The third-order valence-electron chi connectivity index (χ3n) is 3.90. The summed E-state index contributed by atoms with van der Waals surface area (Å²) in [5, 5.41) is 4.10. The van der Waals surface area contributed by atoms with Crippen molar-refractivity contribution in [2.75, 3.05) is 20.2 Å². The van der Waals surface area contributed by atoms with Gasteiger partial charge in [0.1, 0.15) is 10.6 Å². The monoisotopic (exact) mass is 329 g/mol. The van der Waals surface area contributed by atoms with Crippen LogP contribution in [0.1, 0.15) is 40.7 Å². The van der Waals surface area contributed by atoms with E-state index in [4.69, 9.17) is 4.74 Å². The molecule has 1 aromatic heterocycles. The minimum Gasteiger partial charge on any atom is -0.497 e. The van der Waals surface area contributed by atoms with Crippen LogP contribution in [0.4, 0.5) is 0 Å². The Kier molecular flexibility index (Phi) is 4.43. The second-order valence-electron chi connectivity index (χ2n) is 5.79. The minimum atomic E-state index is 0.0119. The molecule has 1 aromatic carbocycles. The number of aromatic nitrogens is 2. The molecular weight excluding hydrogens is 310 g/mol. The molecule has 0 aliphatic carbocycles. The zero-order valence-corrected chi connectivity index (χ0v) is 14.3. The quantitative estimate of drug-likeness (QED) is 0.864. The van der Waals surface area contributed by atoms with Crippen LogP contribution in [0.25, 0.3) is 5.57 Å². The number of carbonyl (C=O) groups is 1. The Morgan fingerprint density at radius 3 is 2.96 bits per heavy atom. The first-order chi connectivity index (χ1) is 11.1. The second-order valence-corrected chi connectivity index (χ2v) is 6.54. The van der Waals surface area contributed by atoms with Gasteiger partial charge in [0.2, 0.25) is 0 Å². The predicted octanol–water partition coefficient (Wildman–Crippen LogP) is 3.21. The summed E-state index contributed by atoms with van der Waals surface area (Å²) in [4.78, 5) is 15.2. The van der Waals surface area contributed by atoms with Crippen molar-refractivity contribution in [1.29, 1.82) is 0 Å². The number of nitrogens with zero attached hydrogens (tertiary/aromatic N) is 3. The number of amides is 1. The van der Waals surface area contributed by atoms with E-state index in [1.54, 1.807) is 7.11 Å². The number of hydrogen-bond donors (Lipinski definition) is 0. The van der Waals surface area contributed by atoms with Gasteiger partial charge >= 0.3 is 0 Å². The summed E-state index contributed by atoms with van der Waals surface area (Å²) >= 11 is 1.18. The van der Waals surface area contributed by atoms with Gasteiger partial charge in [-0.3, -0.25) is 4.79 Å². The van der Waals surface area contributed by atoms with Crippen LogP contribution in [0.15, 0.2) is 30.3 Å². The molecular formula is C17H19N3O2S. The summed E-state index contributed by atoms with van der Waals surface area (Å²) in [5.74, 6) is 1.03. The van der Waals surface area contributed by atoms with Crippen molar-refractivity contribution >= 4 is 23.0 Å². The largest absolute Gasteiger partial charge is 0.497 e. The summed E-state index contributed by atoms with van der Waals surface area (Å²) in [5.41, 5.74) is 3.02. The molecule has 23 heavy (non-hydrogen) atoms. The molecule has 0 N–H and O–H groups in total. The van der Waals surface area contributed by atoms with Gasteiger partial charge in [-0.05, 0) is 40.7 Å². The van der Waals surface area contributed by atoms with E-state index in [1.807, 2.05) is 43.0 Å². The van der Waals surface area contributed by atoms with Gasteiger partial charge in [-0.2, -0.15) is 0 Å².